The summed E-state index contributed by atoms with van der Waals surface area (Å²) in [5.41, 5.74) is 3.29. The molecule has 1 N–H and O–H groups in total. The maximum Gasteiger partial charge on any atom is 0.252 e. The third kappa shape index (κ3) is 4.50. The lowest BCUT2D eigenvalue weighted by Crippen LogP contribution is -2.30. The molecule has 2 aromatic carbocycles. The first-order chi connectivity index (χ1) is 15.5. The Labute approximate surface area is 192 Å². The fourth-order valence-electron chi connectivity index (χ4n) is 3.87. The third-order valence-electron chi connectivity index (χ3n) is 5.99. The van der Waals surface area contributed by atoms with E-state index in [9.17, 15) is 14.4 Å². The highest BCUT2D eigenvalue weighted by Gasteiger charge is 2.30. The normalized spacial score (nSPS) is 15.6. The van der Waals surface area contributed by atoms with Crippen molar-refractivity contribution in [2.75, 3.05) is 4.90 Å². The van der Waals surface area contributed by atoms with Gasteiger partial charge in [-0.15, -0.1) is 11.3 Å². The monoisotopic (exact) mass is 446 g/mol. The lowest BCUT2D eigenvalue weighted by Gasteiger charge is -2.20. The van der Waals surface area contributed by atoms with Crippen molar-refractivity contribution in [3.63, 3.8) is 0 Å². The van der Waals surface area contributed by atoms with Gasteiger partial charge in [0, 0.05) is 23.3 Å². The predicted molar refractivity (Wildman–Crippen MR) is 127 cm³/mol. The van der Waals surface area contributed by atoms with Crippen molar-refractivity contribution in [2.24, 2.45) is 0 Å². The van der Waals surface area contributed by atoms with Crippen LogP contribution in [0.4, 0.5) is 5.69 Å². The molecule has 5 nitrogen and oxygen atoms in total. The van der Waals surface area contributed by atoms with Gasteiger partial charge in [0.15, 0.2) is 0 Å². The molecule has 1 aliphatic rings. The standard InChI is InChI=1S/C26H26N2O3S/c1-3-17(2)18-6-8-19(9-7-18)25(22-5-4-16-32-22)27-26(31)20-10-12-21(13-11-20)28-23(29)14-15-24(28)30/h4-13,16-17,25H,3,14-15H2,1-2H3,(H,27,31). The van der Waals surface area contributed by atoms with Crippen LogP contribution in [0, 0.1) is 0 Å². The van der Waals surface area contributed by atoms with Crippen molar-refractivity contribution in [3.05, 3.63) is 87.6 Å². The van der Waals surface area contributed by atoms with Gasteiger partial charge < -0.3 is 5.32 Å². The van der Waals surface area contributed by atoms with E-state index in [1.807, 2.05) is 17.5 Å². The van der Waals surface area contributed by atoms with Crippen LogP contribution in [0.5, 0.6) is 0 Å². The number of carbonyl (C=O) groups excluding carboxylic acids is 3. The van der Waals surface area contributed by atoms with Gasteiger partial charge in [-0.1, -0.05) is 44.2 Å². The Morgan fingerprint density at radius 2 is 1.59 bits per heavy atom. The minimum Gasteiger partial charge on any atom is -0.340 e. The van der Waals surface area contributed by atoms with E-state index in [0.29, 0.717) is 17.2 Å². The molecule has 2 atom stereocenters. The van der Waals surface area contributed by atoms with Gasteiger partial charge in [0.05, 0.1) is 11.7 Å². The summed E-state index contributed by atoms with van der Waals surface area (Å²) in [4.78, 5) is 39.2. The van der Waals surface area contributed by atoms with Gasteiger partial charge in [-0.3, -0.25) is 19.3 Å². The van der Waals surface area contributed by atoms with Crippen molar-refractivity contribution < 1.29 is 14.4 Å². The summed E-state index contributed by atoms with van der Waals surface area (Å²) >= 11 is 1.60. The van der Waals surface area contributed by atoms with Gasteiger partial charge in [0.1, 0.15) is 0 Å². The molecule has 6 heteroatoms. The van der Waals surface area contributed by atoms with E-state index in [2.05, 4.69) is 43.4 Å². The third-order valence-corrected chi connectivity index (χ3v) is 6.93. The molecule has 164 valence electrons. The number of thiophene rings is 1. The lowest BCUT2D eigenvalue weighted by molar-refractivity contribution is -0.121. The van der Waals surface area contributed by atoms with E-state index >= 15 is 0 Å². The van der Waals surface area contributed by atoms with Crippen molar-refractivity contribution in [2.45, 2.75) is 45.1 Å². The highest BCUT2D eigenvalue weighted by Crippen LogP contribution is 2.29. The van der Waals surface area contributed by atoms with Crippen molar-refractivity contribution >= 4 is 34.7 Å². The first kappa shape index (κ1) is 22.0. The highest BCUT2D eigenvalue weighted by atomic mass is 32.1. The SMILES string of the molecule is CCC(C)c1ccc(C(NC(=O)c2ccc(N3C(=O)CCC3=O)cc2)c2cccs2)cc1. The average molecular weight is 447 g/mol. The summed E-state index contributed by atoms with van der Waals surface area (Å²) in [6.07, 6.45) is 1.55. The van der Waals surface area contributed by atoms with Gasteiger partial charge in [-0.05, 0) is 59.2 Å². The summed E-state index contributed by atoms with van der Waals surface area (Å²) in [5, 5.41) is 5.15. The van der Waals surface area contributed by atoms with Crippen molar-refractivity contribution in [1.29, 1.82) is 0 Å². The number of nitrogens with zero attached hydrogens (tertiary/aromatic N) is 1. The van der Waals surface area contributed by atoms with E-state index in [1.54, 1.807) is 35.6 Å². The zero-order chi connectivity index (χ0) is 22.7. The molecular weight excluding hydrogens is 420 g/mol. The van der Waals surface area contributed by atoms with Crippen molar-refractivity contribution in [3.8, 4) is 0 Å². The largest absolute Gasteiger partial charge is 0.340 e. The van der Waals surface area contributed by atoms with E-state index in [0.717, 1.165) is 16.9 Å². The Morgan fingerprint density at radius 1 is 0.969 bits per heavy atom. The highest BCUT2D eigenvalue weighted by molar-refractivity contribution is 7.10. The molecule has 3 aromatic rings. The summed E-state index contributed by atoms with van der Waals surface area (Å²) < 4.78 is 0. The van der Waals surface area contributed by atoms with Crippen molar-refractivity contribution in [1.82, 2.24) is 5.32 Å². The second-order valence-corrected chi connectivity index (χ2v) is 9.05. The van der Waals surface area contributed by atoms with Gasteiger partial charge >= 0.3 is 0 Å². The minimum absolute atomic E-state index is 0.203. The van der Waals surface area contributed by atoms with Gasteiger partial charge in [0.2, 0.25) is 11.8 Å². The molecule has 0 saturated carbocycles. The number of anilines is 1. The second kappa shape index (κ2) is 9.49. The smallest absolute Gasteiger partial charge is 0.252 e. The molecule has 0 bridgehead atoms. The quantitative estimate of drug-likeness (QED) is 0.492. The number of benzene rings is 2. The summed E-state index contributed by atoms with van der Waals surface area (Å²) in [6.45, 7) is 4.38. The number of amides is 3. The number of nitrogens with one attached hydrogen (secondary N) is 1. The topological polar surface area (TPSA) is 66.5 Å². The molecule has 32 heavy (non-hydrogen) atoms. The van der Waals surface area contributed by atoms with E-state index in [4.69, 9.17) is 0 Å². The Morgan fingerprint density at radius 3 is 2.16 bits per heavy atom. The van der Waals surface area contributed by atoms with E-state index < -0.39 is 0 Å². The Bertz CT molecular complexity index is 1090. The first-order valence-corrected chi connectivity index (χ1v) is 11.8. The molecule has 1 aromatic heterocycles. The van der Waals surface area contributed by atoms with Crippen LogP contribution in [0.3, 0.4) is 0 Å². The maximum atomic E-state index is 13.1. The number of carbonyl (C=O) groups is 3. The Balaban J connectivity index is 1.54. The van der Waals surface area contributed by atoms with Gasteiger partial charge in [-0.25, -0.2) is 0 Å². The first-order valence-electron chi connectivity index (χ1n) is 10.9. The molecule has 1 saturated heterocycles. The van der Waals surface area contributed by atoms with Crippen LogP contribution in [0.15, 0.2) is 66.0 Å². The fourth-order valence-corrected chi connectivity index (χ4v) is 4.67. The van der Waals surface area contributed by atoms with Gasteiger partial charge in [-0.2, -0.15) is 0 Å². The molecule has 1 aliphatic heterocycles. The van der Waals surface area contributed by atoms with Crippen LogP contribution < -0.4 is 10.2 Å². The van der Waals surface area contributed by atoms with Gasteiger partial charge in [0.25, 0.3) is 5.91 Å². The van der Waals surface area contributed by atoms with Crippen LogP contribution >= 0.6 is 11.3 Å². The second-order valence-electron chi connectivity index (χ2n) is 8.07. The zero-order valence-electron chi connectivity index (χ0n) is 18.2. The molecule has 3 amide bonds. The molecule has 0 radical (unpaired) electrons. The number of hydrogen-bond donors (Lipinski definition) is 1. The molecule has 2 unspecified atom stereocenters. The summed E-state index contributed by atoms with van der Waals surface area (Å²) in [6, 6.07) is 18.8. The molecule has 4 rings (SSSR count). The van der Waals surface area contributed by atoms with Crippen LogP contribution in [-0.4, -0.2) is 17.7 Å². The Kier molecular flexibility index (Phi) is 6.51. The number of rotatable bonds is 7. The molecule has 0 aliphatic carbocycles. The molecule has 0 spiro atoms. The number of imide groups is 1. The summed E-state index contributed by atoms with van der Waals surface area (Å²) in [7, 11) is 0. The minimum atomic E-state index is -0.255. The van der Waals surface area contributed by atoms with Crippen LogP contribution in [-0.2, 0) is 9.59 Å². The fraction of sp³-hybridized carbons (Fsp3) is 0.269. The predicted octanol–water partition coefficient (Wildman–Crippen LogP) is 5.43. The maximum absolute atomic E-state index is 13.1. The molecular formula is C26H26N2O3S. The van der Waals surface area contributed by atoms with E-state index in [1.165, 1.54) is 10.5 Å². The summed E-state index contributed by atoms with van der Waals surface area (Å²) in [5.74, 6) is -0.122. The molecule has 1 fully saturated rings. The zero-order valence-corrected chi connectivity index (χ0v) is 19.0. The Hall–Kier alpha value is -3.25. The van der Waals surface area contributed by atoms with Crippen LogP contribution in [0.2, 0.25) is 0 Å². The van der Waals surface area contributed by atoms with E-state index in [-0.39, 0.29) is 36.6 Å². The number of hydrogen-bond acceptors (Lipinski definition) is 4. The lowest BCUT2D eigenvalue weighted by atomic mass is 9.95. The van der Waals surface area contributed by atoms with Crippen LogP contribution in [0.1, 0.15) is 71.4 Å². The molecule has 2 heterocycles. The average Bonchev–Trinajstić information content (AvgIpc) is 3.47. The van der Waals surface area contributed by atoms with Crippen LogP contribution in [0.25, 0.3) is 0 Å².